The SMILES string of the molecule is Cc1ccnc(NC2CCCCC2O)c1C#N. The summed E-state index contributed by atoms with van der Waals surface area (Å²) in [5.41, 5.74) is 1.49. The molecule has 17 heavy (non-hydrogen) atoms. The summed E-state index contributed by atoms with van der Waals surface area (Å²) in [7, 11) is 0. The highest BCUT2D eigenvalue weighted by atomic mass is 16.3. The normalized spacial score (nSPS) is 24.1. The summed E-state index contributed by atoms with van der Waals surface area (Å²) in [6.07, 6.45) is 5.30. The van der Waals surface area contributed by atoms with Crippen molar-refractivity contribution in [1.29, 1.82) is 5.26 Å². The van der Waals surface area contributed by atoms with Gasteiger partial charge in [-0.3, -0.25) is 0 Å². The number of aryl methyl sites for hydroxylation is 1. The fraction of sp³-hybridized carbons (Fsp3) is 0.538. The molecule has 1 aromatic rings. The van der Waals surface area contributed by atoms with Crippen LogP contribution in [0.1, 0.15) is 36.8 Å². The van der Waals surface area contributed by atoms with Gasteiger partial charge in [0, 0.05) is 6.20 Å². The number of nitrogens with zero attached hydrogens (tertiary/aromatic N) is 2. The van der Waals surface area contributed by atoms with E-state index in [1.54, 1.807) is 6.20 Å². The molecule has 0 spiro atoms. The molecule has 1 heterocycles. The zero-order valence-electron chi connectivity index (χ0n) is 9.98. The number of hydrogen-bond donors (Lipinski definition) is 2. The van der Waals surface area contributed by atoms with Crippen LogP contribution < -0.4 is 5.32 Å². The summed E-state index contributed by atoms with van der Waals surface area (Å²) in [6.45, 7) is 1.89. The van der Waals surface area contributed by atoms with Crippen molar-refractivity contribution in [3.05, 3.63) is 23.4 Å². The van der Waals surface area contributed by atoms with Crippen LogP contribution in [0.5, 0.6) is 0 Å². The Kier molecular flexibility index (Phi) is 3.60. The van der Waals surface area contributed by atoms with Crippen molar-refractivity contribution in [3.8, 4) is 6.07 Å². The van der Waals surface area contributed by atoms with E-state index < -0.39 is 0 Å². The minimum atomic E-state index is -0.336. The van der Waals surface area contributed by atoms with E-state index in [2.05, 4.69) is 16.4 Å². The zero-order chi connectivity index (χ0) is 12.3. The van der Waals surface area contributed by atoms with Gasteiger partial charge in [0.15, 0.2) is 0 Å². The molecule has 4 nitrogen and oxygen atoms in total. The van der Waals surface area contributed by atoms with E-state index in [0.29, 0.717) is 11.4 Å². The molecule has 2 unspecified atom stereocenters. The predicted molar refractivity (Wildman–Crippen MR) is 65.6 cm³/mol. The fourth-order valence-corrected chi connectivity index (χ4v) is 2.26. The molecule has 0 aliphatic heterocycles. The summed E-state index contributed by atoms with van der Waals surface area (Å²) in [5, 5.41) is 22.2. The number of hydrogen-bond acceptors (Lipinski definition) is 4. The monoisotopic (exact) mass is 231 g/mol. The van der Waals surface area contributed by atoms with E-state index in [-0.39, 0.29) is 12.1 Å². The first kappa shape index (κ1) is 11.9. The maximum Gasteiger partial charge on any atom is 0.144 e. The van der Waals surface area contributed by atoms with Crippen molar-refractivity contribution in [2.75, 3.05) is 5.32 Å². The number of nitrogens with one attached hydrogen (secondary N) is 1. The number of aromatic nitrogens is 1. The number of aliphatic hydroxyl groups is 1. The van der Waals surface area contributed by atoms with Crippen molar-refractivity contribution < 1.29 is 5.11 Å². The van der Waals surface area contributed by atoms with E-state index in [1.165, 1.54) is 0 Å². The van der Waals surface area contributed by atoms with E-state index in [9.17, 15) is 5.11 Å². The topological polar surface area (TPSA) is 68.9 Å². The third-order valence-electron chi connectivity index (χ3n) is 3.32. The lowest BCUT2D eigenvalue weighted by Gasteiger charge is -2.29. The summed E-state index contributed by atoms with van der Waals surface area (Å²) in [4.78, 5) is 4.19. The average molecular weight is 231 g/mol. The maximum atomic E-state index is 9.89. The molecule has 1 fully saturated rings. The summed E-state index contributed by atoms with van der Waals surface area (Å²) >= 11 is 0. The van der Waals surface area contributed by atoms with Gasteiger partial charge in [-0.1, -0.05) is 12.8 Å². The Morgan fingerprint density at radius 2 is 2.24 bits per heavy atom. The van der Waals surface area contributed by atoms with Crippen LogP contribution in [-0.4, -0.2) is 22.2 Å². The second kappa shape index (κ2) is 5.15. The highest BCUT2D eigenvalue weighted by molar-refractivity contribution is 5.55. The van der Waals surface area contributed by atoms with E-state index in [0.717, 1.165) is 31.2 Å². The van der Waals surface area contributed by atoms with E-state index in [4.69, 9.17) is 5.26 Å². The Bertz CT molecular complexity index is 439. The smallest absolute Gasteiger partial charge is 0.144 e. The molecule has 0 aromatic carbocycles. The van der Waals surface area contributed by atoms with Crippen LogP contribution in [0.15, 0.2) is 12.3 Å². The lowest BCUT2D eigenvalue weighted by atomic mass is 9.92. The lowest BCUT2D eigenvalue weighted by Crippen LogP contribution is -2.36. The van der Waals surface area contributed by atoms with Crippen LogP contribution in [-0.2, 0) is 0 Å². The van der Waals surface area contributed by atoms with Crippen LogP contribution in [0.3, 0.4) is 0 Å². The van der Waals surface area contributed by atoms with Gasteiger partial charge in [-0.25, -0.2) is 4.98 Å². The quantitative estimate of drug-likeness (QED) is 0.816. The molecule has 0 amide bonds. The molecule has 1 saturated carbocycles. The molecule has 0 bridgehead atoms. The van der Waals surface area contributed by atoms with Crippen molar-refractivity contribution in [3.63, 3.8) is 0 Å². The van der Waals surface area contributed by atoms with Gasteiger partial charge in [-0.05, 0) is 31.4 Å². The molecule has 2 rings (SSSR count). The zero-order valence-corrected chi connectivity index (χ0v) is 9.98. The van der Waals surface area contributed by atoms with Gasteiger partial charge in [0.1, 0.15) is 11.9 Å². The van der Waals surface area contributed by atoms with Gasteiger partial charge < -0.3 is 10.4 Å². The van der Waals surface area contributed by atoms with Crippen LogP contribution in [0, 0.1) is 18.3 Å². The lowest BCUT2D eigenvalue weighted by molar-refractivity contribution is 0.116. The van der Waals surface area contributed by atoms with Crippen LogP contribution in [0.25, 0.3) is 0 Å². The van der Waals surface area contributed by atoms with E-state index >= 15 is 0 Å². The van der Waals surface area contributed by atoms with Gasteiger partial charge in [0.05, 0.1) is 17.7 Å². The summed E-state index contributed by atoms with van der Waals surface area (Å²) in [5.74, 6) is 0.596. The van der Waals surface area contributed by atoms with Gasteiger partial charge in [-0.2, -0.15) is 5.26 Å². The molecular formula is C13H17N3O. The molecule has 0 radical (unpaired) electrons. The molecule has 2 N–H and O–H groups in total. The second-order valence-corrected chi connectivity index (χ2v) is 4.57. The Hall–Kier alpha value is -1.60. The minimum Gasteiger partial charge on any atom is -0.391 e. The number of anilines is 1. The van der Waals surface area contributed by atoms with Crippen molar-refractivity contribution in [1.82, 2.24) is 4.98 Å². The number of pyridine rings is 1. The number of aliphatic hydroxyl groups excluding tert-OH is 1. The highest BCUT2D eigenvalue weighted by Gasteiger charge is 2.24. The Morgan fingerprint density at radius 1 is 1.47 bits per heavy atom. The molecule has 2 atom stereocenters. The second-order valence-electron chi connectivity index (χ2n) is 4.57. The molecule has 1 aliphatic carbocycles. The van der Waals surface area contributed by atoms with Crippen molar-refractivity contribution in [2.24, 2.45) is 0 Å². The summed E-state index contributed by atoms with van der Waals surface area (Å²) < 4.78 is 0. The molecular weight excluding hydrogens is 214 g/mol. The standard InChI is InChI=1S/C13H17N3O/c1-9-6-7-15-13(10(9)8-14)16-11-4-2-3-5-12(11)17/h6-7,11-12,17H,2-5H2,1H3,(H,15,16). The number of nitriles is 1. The average Bonchev–Trinajstić information content (AvgIpc) is 2.32. The third-order valence-corrected chi connectivity index (χ3v) is 3.32. The largest absolute Gasteiger partial charge is 0.391 e. The van der Waals surface area contributed by atoms with Crippen molar-refractivity contribution >= 4 is 5.82 Å². The molecule has 1 aromatic heterocycles. The molecule has 4 heteroatoms. The fourth-order valence-electron chi connectivity index (χ4n) is 2.26. The van der Waals surface area contributed by atoms with Crippen molar-refractivity contribution in [2.45, 2.75) is 44.8 Å². The van der Waals surface area contributed by atoms with Crippen LogP contribution >= 0.6 is 0 Å². The first-order valence-electron chi connectivity index (χ1n) is 6.02. The van der Waals surface area contributed by atoms with Gasteiger partial charge in [-0.15, -0.1) is 0 Å². The Labute approximate surface area is 101 Å². The Morgan fingerprint density at radius 3 is 2.94 bits per heavy atom. The minimum absolute atomic E-state index is 0.0187. The molecule has 90 valence electrons. The molecule has 1 aliphatic rings. The third kappa shape index (κ3) is 2.56. The predicted octanol–water partition coefficient (Wildman–Crippen LogP) is 1.98. The van der Waals surface area contributed by atoms with Crippen LogP contribution in [0.2, 0.25) is 0 Å². The summed E-state index contributed by atoms with van der Waals surface area (Å²) in [6, 6.07) is 4.00. The molecule has 0 saturated heterocycles. The van der Waals surface area contributed by atoms with Gasteiger partial charge in [0.2, 0.25) is 0 Å². The van der Waals surface area contributed by atoms with Crippen LogP contribution in [0.4, 0.5) is 5.82 Å². The van der Waals surface area contributed by atoms with E-state index in [1.807, 2.05) is 13.0 Å². The highest BCUT2D eigenvalue weighted by Crippen LogP contribution is 2.23. The first-order chi connectivity index (χ1) is 8.22. The van der Waals surface area contributed by atoms with Gasteiger partial charge in [0.25, 0.3) is 0 Å². The number of rotatable bonds is 2. The first-order valence-corrected chi connectivity index (χ1v) is 6.02. The van der Waals surface area contributed by atoms with Gasteiger partial charge >= 0.3 is 0 Å². The maximum absolute atomic E-state index is 9.89. The Balaban J connectivity index is 2.18.